The zero-order chi connectivity index (χ0) is 20.1. The summed E-state index contributed by atoms with van der Waals surface area (Å²) in [6.07, 6.45) is 1.94. The maximum atomic E-state index is 12.6. The number of pyridine rings is 1. The number of amides is 1. The second kappa shape index (κ2) is 8.71. The van der Waals surface area contributed by atoms with Crippen molar-refractivity contribution in [2.45, 2.75) is 32.4 Å². The fraction of sp³-hybridized carbons (Fsp3) is 0.273. The summed E-state index contributed by atoms with van der Waals surface area (Å²) in [4.78, 5) is 25.0. The predicted octanol–water partition coefficient (Wildman–Crippen LogP) is 2.96. The van der Waals surface area contributed by atoms with Gasteiger partial charge in [-0.05, 0) is 49.2 Å². The number of benzene rings is 2. The van der Waals surface area contributed by atoms with Crippen LogP contribution in [0.25, 0.3) is 10.8 Å². The fourth-order valence-electron chi connectivity index (χ4n) is 3.15. The van der Waals surface area contributed by atoms with Gasteiger partial charge in [-0.15, -0.1) is 0 Å². The molecule has 0 fully saturated rings. The summed E-state index contributed by atoms with van der Waals surface area (Å²) in [7, 11) is 1.61. The Hall–Kier alpha value is -3.12. The van der Waals surface area contributed by atoms with E-state index in [4.69, 9.17) is 4.74 Å². The minimum Gasteiger partial charge on any atom is -0.497 e. The Balaban J connectivity index is 1.75. The van der Waals surface area contributed by atoms with E-state index in [1.807, 2.05) is 24.3 Å². The summed E-state index contributed by atoms with van der Waals surface area (Å²) in [5, 5.41) is 13.6. The monoisotopic (exact) mass is 380 g/mol. The number of carbonyl (C=O) groups excluding carboxylic acids is 1. The Morgan fingerprint density at radius 3 is 2.71 bits per heavy atom. The van der Waals surface area contributed by atoms with E-state index < -0.39 is 6.10 Å². The summed E-state index contributed by atoms with van der Waals surface area (Å²) < 4.78 is 6.68. The lowest BCUT2D eigenvalue weighted by atomic mass is 10.1. The number of aliphatic hydroxyl groups excluding tert-OH is 1. The van der Waals surface area contributed by atoms with Gasteiger partial charge < -0.3 is 19.7 Å². The molecule has 6 nitrogen and oxygen atoms in total. The van der Waals surface area contributed by atoms with E-state index in [2.05, 4.69) is 5.32 Å². The smallest absolute Gasteiger partial charge is 0.258 e. The molecule has 1 aromatic heterocycles. The Kier molecular flexibility index (Phi) is 6.11. The first-order valence-electron chi connectivity index (χ1n) is 9.21. The van der Waals surface area contributed by atoms with Crippen molar-refractivity contribution in [1.82, 2.24) is 4.57 Å². The lowest BCUT2D eigenvalue weighted by molar-refractivity contribution is -0.116. The van der Waals surface area contributed by atoms with Gasteiger partial charge in [-0.25, -0.2) is 0 Å². The maximum absolute atomic E-state index is 12.6. The maximum Gasteiger partial charge on any atom is 0.258 e. The number of aromatic nitrogens is 1. The summed E-state index contributed by atoms with van der Waals surface area (Å²) in [5.41, 5.74) is 1.44. The molecule has 0 aliphatic carbocycles. The van der Waals surface area contributed by atoms with E-state index in [0.717, 1.165) is 11.3 Å². The van der Waals surface area contributed by atoms with Gasteiger partial charge in [-0.2, -0.15) is 0 Å². The van der Waals surface area contributed by atoms with Gasteiger partial charge in [-0.3, -0.25) is 9.59 Å². The minimum atomic E-state index is -0.616. The first-order chi connectivity index (χ1) is 13.5. The number of fused-ring (bicyclic) bond motifs is 1. The third-order valence-electron chi connectivity index (χ3n) is 4.53. The molecule has 0 radical (unpaired) electrons. The van der Waals surface area contributed by atoms with Gasteiger partial charge in [0.25, 0.3) is 5.56 Å². The summed E-state index contributed by atoms with van der Waals surface area (Å²) in [6, 6.07) is 14.7. The highest BCUT2D eigenvalue weighted by atomic mass is 16.5. The lowest BCUT2D eigenvalue weighted by Crippen LogP contribution is -2.25. The van der Waals surface area contributed by atoms with Gasteiger partial charge in [0, 0.05) is 29.1 Å². The highest BCUT2D eigenvalue weighted by Gasteiger charge is 2.10. The van der Waals surface area contributed by atoms with Crippen molar-refractivity contribution in [3.63, 3.8) is 0 Å². The second-order valence-corrected chi connectivity index (χ2v) is 6.79. The van der Waals surface area contributed by atoms with E-state index >= 15 is 0 Å². The third kappa shape index (κ3) is 4.58. The molecule has 1 atom stereocenters. The molecule has 146 valence electrons. The number of hydrogen-bond donors (Lipinski definition) is 2. The van der Waals surface area contributed by atoms with Crippen molar-refractivity contribution >= 4 is 22.4 Å². The third-order valence-corrected chi connectivity index (χ3v) is 4.53. The van der Waals surface area contributed by atoms with Crippen LogP contribution in [-0.2, 0) is 17.8 Å². The molecule has 3 rings (SSSR count). The number of aryl methyl sites for hydroxylation is 1. The first-order valence-corrected chi connectivity index (χ1v) is 9.21. The molecule has 0 saturated carbocycles. The normalized spacial score (nSPS) is 12.0. The Morgan fingerprint density at radius 1 is 1.18 bits per heavy atom. The Morgan fingerprint density at radius 2 is 1.96 bits per heavy atom. The zero-order valence-electron chi connectivity index (χ0n) is 16.0. The van der Waals surface area contributed by atoms with Crippen LogP contribution in [0.5, 0.6) is 5.75 Å². The predicted molar refractivity (Wildman–Crippen MR) is 110 cm³/mol. The van der Waals surface area contributed by atoms with Gasteiger partial charge in [-0.1, -0.05) is 18.2 Å². The lowest BCUT2D eigenvalue weighted by Gasteiger charge is -2.12. The number of rotatable bonds is 7. The van der Waals surface area contributed by atoms with Crippen LogP contribution in [0.1, 0.15) is 18.9 Å². The van der Waals surface area contributed by atoms with Crippen LogP contribution < -0.4 is 15.6 Å². The van der Waals surface area contributed by atoms with E-state index in [1.165, 1.54) is 4.57 Å². The molecule has 3 aromatic rings. The zero-order valence-corrected chi connectivity index (χ0v) is 16.0. The van der Waals surface area contributed by atoms with Crippen LogP contribution in [0.4, 0.5) is 5.69 Å². The van der Waals surface area contributed by atoms with Crippen LogP contribution in [-0.4, -0.2) is 28.8 Å². The van der Waals surface area contributed by atoms with E-state index in [9.17, 15) is 14.7 Å². The molecular weight excluding hydrogens is 356 g/mol. The van der Waals surface area contributed by atoms with E-state index in [-0.39, 0.29) is 18.0 Å². The average Bonchev–Trinajstić information content (AvgIpc) is 2.69. The first kappa shape index (κ1) is 19.6. The number of hydrogen-bond acceptors (Lipinski definition) is 4. The number of nitrogens with zero attached hydrogens (tertiary/aromatic N) is 1. The number of anilines is 1. The van der Waals surface area contributed by atoms with Gasteiger partial charge in [0.15, 0.2) is 0 Å². The quantitative estimate of drug-likeness (QED) is 0.660. The second-order valence-electron chi connectivity index (χ2n) is 6.79. The average molecular weight is 380 g/mol. The fourth-order valence-corrected chi connectivity index (χ4v) is 3.15. The van der Waals surface area contributed by atoms with Crippen molar-refractivity contribution in [3.8, 4) is 5.75 Å². The molecule has 1 unspecified atom stereocenters. The molecule has 0 bridgehead atoms. The van der Waals surface area contributed by atoms with E-state index in [0.29, 0.717) is 29.3 Å². The molecule has 2 aromatic carbocycles. The van der Waals surface area contributed by atoms with Gasteiger partial charge >= 0.3 is 0 Å². The molecule has 1 heterocycles. The Labute approximate surface area is 163 Å². The van der Waals surface area contributed by atoms with Crippen LogP contribution in [0.3, 0.4) is 0 Å². The largest absolute Gasteiger partial charge is 0.497 e. The minimum absolute atomic E-state index is 0.122. The van der Waals surface area contributed by atoms with Gasteiger partial charge in [0.1, 0.15) is 5.75 Å². The SMILES string of the molecule is COc1cccc(CCC(=O)Nc2cccc3c(=O)n(CC(C)O)ccc23)c1. The molecule has 6 heteroatoms. The summed E-state index contributed by atoms with van der Waals surface area (Å²) >= 11 is 0. The van der Waals surface area contributed by atoms with Crippen molar-refractivity contribution in [3.05, 3.63) is 70.6 Å². The van der Waals surface area contributed by atoms with Gasteiger partial charge in [0.05, 0.1) is 19.8 Å². The highest BCUT2D eigenvalue weighted by molar-refractivity contribution is 6.01. The molecular formula is C22H24N2O4. The molecule has 0 saturated heterocycles. The number of aliphatic hydroxyl groups is 1. The van der Waals surface area contributed by atoms with Crippen molar-refractivity contribution in [2.75, 3.05) is 12.4 Å². The van der Waals surface area contributed by atoms with Crippen molar-refractivity contribution in [2.24, 2.45) is 0 Å². The van der Waals surface area contributed by atoms with Crippen molar-refractivity contribution in [1.29, 1.82) is 0 Å². The van der Waals surface area contributed by atoms with Gasteiger partial charge in [0.2, 0.25) is 5.91 Å². The number of nitrogens with one attached hydrogen (secondary N) is 1. The molecule has 0 aliphatic heterocycles. The summed E-state index contributed by atoms with van der Waals surface area (Å²) in [6.45, 7) is 1.86. The molecule has 28 heavy (non-hydrogen) atoms. The number of ether oxygens (including phenoxy) is 1. The molecule has 2 N–H and O–H groups in total. The van der Waals surface area contributed by atoms with Crippen LogP contribution in [0.2, 0.25) is 0 Å². The summed E-state index contributed by atoms with van der Waals surface area (Å²) in [5.74, 6) is 0.643. The van der Waals surface area contributed by atoms with Crippen molar-refractivity contribution < 1.29 is 14.6 Å². The van der Waals surface area contributed by atoms with Crippen LogP contribution in [0, 0.1) is 0 Å². The highest BCUT2D eigenvalue weighted by Crippen LogP contribution is 2.21. The van der Waals surface area contributed by atoms with Crippen LogP contribution >= 0.6 is 0 Å². The molecule has 0 aliphatic rings. The number of carbonyl (C=O) groups is 1. The van der Waals surface area contributed by atoms with E-state index in [1.54, 1.807) is 44.5 Å². The van der Waals surface area contributed by atoms with Crippen LogP contribution in [0.15, 0.2) is 59.5 Å². The molecule has 1 amide bonds. The number of methoxy groups -OCH3 is 1. The molecule has 0 spiro atoms. The Bertz CT molecular complexity index is 1040. The topological polar surface area (TPSA) is 80.6 Å². The standard InChI is InChI=1S/C22H24N2O4/c1-15(25)14-24-12-11-18-19(22(24)27)7-4-8-20(18)23-21(26)10-9-16-5-3-6-17(13-16)28-2/h3-8,11-13,15,25H,9-10,14H2,1-2H3,(H,23,26).